The van der Waals surface area contributed by atoms with Crippen LogP contribution >= 0.6 is 11.8 Å². The van der Waals surface area contributed by atoms with E-state index in [-0.39, 0.29) is 5.91 Å². The number of carbonyl (C=O) groups is 2. The van der Waals surface area contributed by atoms with Gasteiger partial charge in [-0.2, -0.15) is 0 Å². The van der Waals surface area contributed by atoms with Crippen LogP contribution in [0.25, 0.3) is 0 Å². The summed E-state index contributed by atoms with van der Waals surface area (Å²) in [5.41, 5.74) is 6.82. The minimum atomic E-state index is -0.729. The molecule has 2 rings (SSSR count). The van der Waals surface area contributed by atoms with Crippen LogP contribution in [-0.2, 0) is 11.2 Å². The van der Waals surface area contributed by atoms with Crippen molar-refractivity contribution in [2.75, 3.05) is 11.6 Å². The normalized spacial score (nSPS) is 11.5. The van der Waals surface area contributed by atoms with Crippen LogP contribution in [0.15, 0.2) is 59.5 Å². The Morgan fingerprint density at radius 3 is 2.52 bits per heavy atom. The summed E-state index contributed by atoms with van der Waals surface area (Å²) in [5, 5.41) is 5.32. The van der Waals surface area contributed by atoms with E-state index in [4.69, 9.17) is 5.73 Å². The number of hydrogen-bond acceptors (Lipinski definition) is 3. The van der Waals surface area contributed by atoms with Crippen LogP contribution in [-0.4, -0.2) is 24.2 Å². The number of amides is 3. The lowest BCUT2D eigenvalue weighted by Gasteiger charge is -2.17. The summed E-state index contributed by atoms with van der Waals surface area (Å²) in [4.78, 5) is 24.7. The van der Waals surface area contributed by atoms with E-state index in [2.05, 4.69) is 10.6 Å². The SMILES string of the molecule is CSc1cccc(NC(=O)C(Cc2ccccc2)NC(N)=O)c1. The Hall–Kier alpha value is -2.47. The number of primary amides is 1. The number of nitrogens with one attached hydrogen (secondary N) is 2. The molecule has 1 unspecified atom stereocenters. The first kappa shape index (κ1) is 16.9. The molecular weight excluding hydrogens is 310 g/mol. The minimum absolute atomic E-state index is 0.300. The van der Waals surface area contributed by atoms with E-state index in [1.807, 2.05) is 60.9 Å². The molecule has 23 heavy (non-hydrogen) atoms. The molecule has 0 spiro atoms. The molecule has 0 saturated heterocycles. The van der Waals surface area contributed by atoms with Gasteiger partial charge in [0.1, 0.15) is 6.04 Å². The molecule has 0 aliphatic carbocycles. The molecule has 5 nitrogen and oxygen atoms in total. The van der Waals surface area contributed by atoms with E-state index >= 15 is 0 Å². The average molecular weight is 329 g/mol. The van der Waals surface area contributed by atoms with Gasteiger partial charge in [0.05, 0.1) is 0 Å². The van der Waals surface area contributed by atoms with Gasteiger partial charge in [-0.25, -0.2) is 4.79 Å². The molecule has 0 fully saturated rings. The second-order valence-corrected chi connectivity index (χ2v) is 5.85. The van der Waals surface area contributed by atoms with Crippen molar-refractivity contribution >= 4 is 29.4 Å². The average Bonchev–Trinajstić information content (AvgIpc) is 2.55. The Morgan fingerprint density at radius 2 is 1.87 bits per heavy atom. The van der Waals surface area contributed by atoms with Crippen LogP contribution in [0.1, 0.15) is 5.56 Å². The number of hydrogen-bond donors (Lipinski definition) is 3. The molecule has 1 atom stereocenters. The number of benzene rings is 2. The third kappa shape index (κ3) is 5.34. The molecule has 0 heterocycles. The fraction of sp³-hybridized carbons (Fsp3) is 0.176. The number of thioether (sulfide) groups is 1. The third-order valence-electron chi connectivity index (χ3n) is 3.25. The second kappa shape index (κ2) is 8.24. The Balaban J connectivity index is 2.11. The number of anilines is 1. The van der Waals surface area contributed by atoms with Crippen molar-refractivity contribution in [1.29, 1.82) is 0 Å². The summed E-state index contributed by atoms with van der Waals surface area (Å²) < 4.78 is 0. The predicted molar refractivity (Wildman–Crippen MR) is 93.5 cm³/mol. The van der Waals surface area contributed by atoms with Crippen molar-refractivity contribution in [2.45, 2.75) is 17.4 Å². The monoisotopic (exact) mass is 329 g/mol. The molecule has 0 saturated carbocycles. The van der Waals surface area contributed by atoms with Gasteiger partial charge in [0.2, 0.25) is 5.91 Å². The molecule has 0 aliphatic rings. The Bertz CT molecular complexity index is 677. The first-order valence-electron chi connectivity index (χ1n) is 7.13. The number of rotatable bonds is 6. The lowest BCUT2D eigenvalue weighted by Crippen LogP contribution is -2.47. The Morgan fingerprint density at radius 1 is 1.13 bits per heavy atom. The zero-order valence-electron chi connectivity index (χ0n) is 12.8. The molecular formula is C17H19N3O2S. The van der Waals surface area contributed by atoms with Gasteiger partial charge in [0.25, 0.3) is 0 Å². The molecule has 0 aromatic heterocycles. The lowest BCUT2D eigenvalue weighted by molar-refractivity contribution is -0.117. The summed E-state index contributed by atoms with van der Waals surface area (Å²) in [6.45, 7) is 0. The van der Waals surface area contributed by atoms with Crippen LogP contribution in [0.4, 0.5) is 10.5 Å². The second-order valence-electron chi connectivity index (χ2n) is 4.97. The maximum atomic E-state index is 12.5. The van der Waals surface area contributed by atoms with E-state index in [9.17, 15) is 9.59 Å². The highest BCUT2D eigenvalue weighted by Gasteiger charge is 2.20. The molecule has 6 heteroatoms. The smallest absolute Gasteiger partial charge is 0.312 e. The van der Waals surface area contributed by atoms with E-state index < -0.39 is 12.1 Å². The van der Waals surface area contributed by atoms with E-state index in [1.165, 1.54) is 0 Å². The van der Waals surface area contributed by atoms with Crippen LogP contribution in [0.5, 0.6) is 0 Å². The lowest BCUT2D eigenvalue weighted by atomic mass is 10.1. The number of carbonyl (C=O) groups excluding carboxylic acids is 2. The van der Waals surface area contributed by atoms with Crippen molar-refractivity contribution in [2.24, 2.45) is 5.73 Å². The summed E-state index contributed by atoms with van der Waals surface area (Å²) in [5.74, 6) is -0.300. The molecule has 2 aromatic rings. The Kier molecular flexibility index (Phi) is 6.05. The van der Waals surface area contributed by atoms with Crippen molar-refractivity contribution in [3.8, 4) is 0 Å². The fourth-order valence-electron chi connectivity index (χ4n) is 2.16. The summed E-state index contributed by atoms with van der Waals surface area (Å²) in [7, 11) is 0. The maximum Gasteiger partial charge on any atom is 0.312 e. The number of nitrogens with two attached hydrogens (primary N) is 1. The zero-order chi connectivity index (χ0) is 16.7. The standard InChI is InChI=1S/C17H19N3O2S/c1-23-14-9-5-8-13(11-14)19-16(21)15(20-17(18)22)10-12-6-3-2-4-7-12/h2-9,11,15H,10H2,1H3,(H,19,21)(H3,18,20,22). The highest BCUT2D eigenvalue weighted by Crippen LogP contribution is 2.19. The highest BCUT2D eigenvalue weighted by molar-refractivity contribution is 7.98. The maximum absolute atomic E-state index is 12.5. The van der Waals surface area contributed by atoms with Gasteiger partial charge < -0.3 is 16.4 Å². The molecule has 4 N–H and O–H groups in total. The van der Waals surface area contributed by atoms with Gasteiger partial charge in [0.15, 0.2) is 0 Å². The van der Waals surface area contributed by atoms with Gasteiger partial charge in [-0.3, -0.25) is 4.79 Å². The molecule has 0 bridgehead atoms. The fourth-order valence-corrected chi connectivity index (χ4v) is 2.62. The van der Waals surface area contributed by atoms with Crippen LogP contribution in [0.3, 0.4) is 0 Å². The van der Waals surface area contributed by atoms with Crippen molar-refractivity contribution in [1.82, 2.24) is 5.32 Å². The van der Waals surface area contributed by atoms with Crippen molar-refractivity contribution in [3.05, 3.63) is 60.2 Å². The summed E-state index contributed by atoms with van der Waals surface area (Å²) >= 11 is 1.59. The molecule has 120 valence electrons. The van der Waals surface area contributed by atoms with E-state index in [1.54, 1.807) is 11.8 Å². The zero-order valence-corrected chi connectivity index (χ0v) is 13.6. The van der Waals surface area contributed by atoms with Crippen LogP contribution in [0.2, 0.25) is 0 Å². The van der Waals surface area contributed by atoms with Gasteiger partial charge in [0, 0.05) is 17.0 Å². The quantitative estimate of drug-likeness (QED) is 0.712. The number of urea groups is 1. The summed E-state index contributed by atoms with van der Waals surface area (Å²) in [6, 6.07) is 15.5. The van der Waals surface area contributed by atoms with Gasteiger partial charge in [-0.15, -0.1) is 11.8 Å². The van der Waals surface area contributed by atoms with E-state index in [0.29, 0.717) is 12.1 Å². The largest absolute Gasteiger partial charge is 0.352 e. The molecule has 0 radical (unpaired) electrons. The van der Waals surface area contributed by atoms with Gasteiger partial charge >= 0.3 is 6.03 Å². The van der Waals surface area contributed by atoms with Gasteiger partial charge in [-0.1, -0.05) is 36.4 Å². The highest BCUT2D eigenvalue weighted by atomic mass is 32.2. The molecule has 3 amide bonds. The van der Waals surface area contributed by atoms with Crippen LogP contribution in [0, 0.1) is 0 Å². The van der Waals surface area contributed by atoms with Crippen molar-refractivity contribution < 1.29 is 9.59 Å². The van der Waals surface area contributed by atoms with Crippen molar-refractivity contribution in [3.63, 3.8) is 0 Å². The topological polar surface area (TPSA) is 84.2 Å². The first-order chi connectivity index (χ1) is 11.1. The minimum Gasteiger partial charge on any atom is -0.352 e. The summed E-state index contributed by atoms with van der Waals surface area (Å²) in [6.07, 6.45) is 2.34. The third-order valence-corrected chi connectivity index (χ3v) is 3.98. The van der Waals surface area contributed by atoms with E-state index in [0.717, 1.165) is 10.5 Å². The molecule has 2 aromatic carbocycles. The molecule has 0 aliphatic heterocycles. The predicted octanol–water partition coefficient (Wildman–Crippen LogP) is 2.63. The van der Waals surface area contributed by atoms with Crippen LogP contribution < -0.4 is 16.4 Å². The van der Waals surface area contributed by atoms with Gasteiger partial charge in [-0.05, 0) is 30.0 Å². The first-order valence-corrected chi connectivity index (χ1v) is 8.36. The Labute approximate surface area is 139 Å².